The molecule has 3 amide bonds. The van der Waals surface area contributed by atoms with E-state index in [0.717, 1.165) is 52.5 Å². The lowest BCUT2D eigenvalue weighted by atomic mass is 10.1. The summed E-state index contributed by atoms with van der Waals surface area (Å²) in [7, 11) is 0. The van der Waals surface area contributed by atoms with Gasteiger partial charge in [-0.1, -0.05) is 86.5 Å². The van der Waals surface area contributed by atoms with E-state index in [9.17, 15) is 14.4 Å². The van der Waals surface area contributed by atoms with Gasteiger partial charge in [0.25, 0.3) is 0 Å². The number of aromatic nitrogens is 12. The molecule has 6 N–H and O–H groups in total. The first-order valence-electron chi connectivity index (χ1n) is 31.4. The van der Waals surface area contributed by atoms with E-state index in [1.807, 2.05) is 193 Å². The molecule has 0 saturated carbocycles. The lowest BCUT2D eigenvalue weighted by Crippen LogP contribution is -2.40. The average molecular weight is 1310 g/mol. The minimum absolute atomic E-state index is 0.00566. The number of nitrogens with zero attached hydrogens (tertiary/aromatic N) is 15. The molecular formula is C75H64N18O6. The Balaban J connectivity index is 0.000000133. The third-order valence-corrected chi connectivity index (χ3v) is 16.2. The number of hydrogen-bond acceptors (Lipinski definition) is 18. The molecule has 9 heterocycles. The van der Waals surface area contributed by atoms with Gasteiger partial charge in [0.1, 0.15) is 88.0 Å². The highest BCUT2D eigenvalue weighted by atomic mass is 16.5. The molecule has 0 bridgehead atoms. The highest BCUT2D eigenvalue weighted by Gasteiger charge is 2.29. The van der Waals surface area contributed by atoms with Gasteiger partial charge in [-0.25, -0.2) is 43.9 Å². The van der Waals surface area contributed by atoms with Crippen molar-refractivity contribution >= 4 is 79.7 Å². The molecule has 0 unspecified atom stereocenters. The fourth-order valence-corrected chi connectivity index (χ4v) is 11.4. The van der Waals surface area contributed by atoms with Crippen molar-refractivity contribution in [2.45, 2.75) is 18.9 Å². The molecule has 3 aliphatic heterocycles. The van der Waals surface area contributed by atoms with Crippen LogP contribution in [-0.4, -0.2) is 118 Å². The fraction of sp³-hybridized carbons (Fsp3) is 0.0933. The molecule has 0 spiro atoms. The molecular weight excluding hydrogens is 1250 g/mol. The van der Waals surface area contributed by atoms with E-state index in [4.69, 9.17) is 46.7 Å². The van der Waals surface area contributed by atoms with Gasteiger partial charge in [0, 0.05) is 55.3 Å². The van der Waals surface area contributed by atoms with Crippen LogP contribution in [0.1, 0.15) is 18.9 Å². The number of ether oxygens (including phenoxy) is 3. The minimum Gasteiger partial charge on any atom is -0.457 e. The fourth-order valence-electron chi connectivity index (χ4n) is 11.4. The third-order valence-electron chi connectivity index (χ3n) is 16.2. The van der Waals surface area contributed by atoms with Crippen LogP contribution in [0.25, 0.3) is 78.3 Å². The summed E-state index contributed by atoms with van der Waals surface area (Å²) in [6, 6.07) is 51.6. The van der Waals surface area contributed by atoms with E-state index in [1.165, 1.54) is 37.2 Å². The zero-order chi connectivity index (χ0) is 68.4. The van der Waals surface area contributed by atoms with Gasteiger partial charge in [-0.2, -0.15) is 15.3 Å². The molecule has 6 aromatic heterocycles. The van der Waals surface area contributed by atoms with E-state index in [1.54, 1.807) is 36.5 Å². The summed E-state index contributed by atoms with van der Waals surface area (Å²) in [6.45, 7) is 12.9. The summed E-state index contributed by atoms with van der Waals surface area (Å²) in [5, 5.41) is 16.5. The number of carbonyl (C=O) groups excluding carboxylic acids is 3. The first kappa shape index (κ1) is 64.1. The average Bonchev–Trinajstić information content (AvgIpc) is 1.62. The number of fused-ring (bicyclic) bond motifs is 3. The number of allylic oxidation sites excluding steroid dienone is 4. The van der Waals surface area contributed by atoms with Crippen molar-refractivity contribution in [3.8, 4) is 68.3 Å². The van der Waals surface area contributed by atoms with Crippen LogP contribution in [-0.2, 0) is 14.4 Å². The Morgan fingerprint density at radius 2 is 0.788 bits per heavy atom. The topological polar surface area (TPSA) is 297 Å². The summed E-state index contributed by atoms with van der Waals surface area (Å²) in [4.78, 5) is 67.1. The van der Waals surface area contributed by atoms with Crippen LogP contribution in [0.2, 0.25) is 0 Å². The highest BCUT2D eigenvalue weighted by molar-refractivity contribution is 6.02. The number of hydrogen-bond donors (Lipinski definition) is 3. The van der Waals surface area contributed by atoms with E-state index < -0.39 is 0 Å². The standard InChI is InChI=1S/C25H24N6O2.2C25H20N6O2/c3*1-2-21(32)30-14-6-7-18(15-30)31-25-22(24(26)27-16-28-25)23(29-31)17-10-12-20(13-11-17)33-19-8-4-3-5-9-19/h2-5,8-13,16,18H,1,6-7,14-15H2,(H2,26,27,28);2*2-13,15-16H,1,14H2,(H2,26,27,28)/t18-;;/m1../s1. The monoisotopic (exact) mass is 1310 g/mol. The third kappa shape index (κ3) is 14.0. The Kier molecular flexibility index (Phi) is 18.7. The van der Waals surface area contributed by atoms with Crippen molar-refractivity contribution in [3.05, 3.63) is 257 Å². The van der Waals surface area contributed by atoms with Gasteiger partial charge in [0.15, 0.2) is 16.9 Å². The molecule has 0 aliphatic carbocycles. The maximum absolute atomic E-state index is 12.2. The molecule has 6 aromatic carbocycles. The van der Waals surface area contributed by atoms with Gasteiger partial charge in [0.2, 0.25) is 17.7 Å². The van der Waals surface area contributed by atoms with Crippen LogP contribution in [0.5, 0.6) is 34.5 Å². The van der Waals surface area contributed by atoms with Crippen LogP contribution in [0.3, 0.4) is 0 Å². The summed E-state index contributed by atoms with van der Waals surface area (Å²) >= 11 is 0. The molecule has 1 fully saturated rings. The summed E-state index contributed by atoms with van der Waals surface area (Å²) in [5.41, 5.74) is 26.3. The highest BCUT2D eigenvalue weighted by Crippen LogP contribution is 2.38. The van der Waals surface area contributed by atoms with Crippen LogP contribution in [0.4, 0.5) is 17.5 Å². The van der Waals surface area contributed by atoms with E-state index in [0.29, 0.717) is 117 Å². The Morgan fingerprint density at radius 3 is 1.17 bits per heavy atom. The van der Waals surface area contributed by atoms with Crippen LogP contribution >= 0.6 is 0 Å². The largest absolute Gasteiger partial charge is 0.457 e. The van der Waals surface area contributed by atoms with E-state index >= 15 is 0 Å². The van der Waals surface area contributed by atoms with Crippen LogP contribution in [0.15, 0.2) is 257 Å². The predicted molar refractivity (Wildman–Crippen MR) is 381 cm³/mol. The SMILES string of the molecule is C=CC(=O)N1C=C(n2nc(-c3ccc(Oc4ccccc4)cc3)c3c(N)ncnc32)C=CC1.C=CC(=O)N1C=C(n2nc(-c3ccc(Oc4ccccc4)cc3)c3c(N)ncnc32)C=CC1.C=CC(=O)N1CCC[C@@H](n2nc(-c3ccc(Oc4ccccc4)cc3)c3c(N)ncnc32)C1. The maximum atomic E-state index is 12.2. The van der Waals surface area contributed by atoms with Gasteiger partial charge in [-0.05, 0) is 152 Å². The molecule has 1 atom stereocenters. The number of carbonyl (C=O) groups is 3. The molecule has 3 aliphatic rings. The second-order valence-electron chi connectivity index (χ2n) is 22.6. The summed E-state index contributed by atoms with van der Waals surface area (Å²) in [6.07, 6.45) is 20.9. The van der Waals surface area contributed by atoms with Crippen molar-refractivity contribution in [1.82, 2.24) is 73.9 Å². The van der Waals surface area contributed by atoms with Gasteiger partial charge >= 0.3 is 0 Å². The van der Waals surface area contributed by atoms with Gasteiger partial charge in [-0.15, -0.1) is 0 Å². The Morgan fingerprint density at radius 1 is 0.434 bits per heavy atom. The molecule has 1 saturated heterocycles. The summed E-state index contributed by atoms with van der Waals surface area (Å²) in [5.74, 6) is 4.98. The first-order valence-corrected chi connectivity index (χ1v) is 31.4. The lowest BCUT2D eigenvalue weighted by Gasteiger charge is -2.32. The molecule has 24 heteroatoms. The number of nitrogen functional groups attached to an aromatic ring is 3. The van der Waals surface area contributed by atoms with E-state index in [-0.39, 0.29) is 23.8 Å². The van der Waals surface area contributed by atoms with Crippen LogP contribution < -0.4 is 31.4 Å². The second kappa shape index (κ2) is 28.9. The quantitative estimate of drug-likeness (QED) is 0.0803. The van der Waals surface area contributed by atoms with Crippen molar-refractivity contribution in [2.75, 3.05) is 43.4 Å². The number of piperidine rings is 1. The Labute approximate surface area is 567 Å². The molecule has 12 aromatic rings. The number of nitrogens with two attached hydrogens (primary N) is 3. The zero-order valence-electron chi connectivity index (χ0n) is 53.3. The number of benzene rings is 6. The van der Waals surface area contributed by atoms with Gasteiger partial charge < -0.3 is 46.1 Å². The number of para-hydroxylation sites is 3. The van der Waals surface area contributed by atoms with E-state index in [2.05, 4.69) is 49.6 Å². The van der Waals surface area contributed by atoms with Crippen molar-refractivity contribution in [3.63, 3.8) is 0 Å². The lowest BCUT2D eigenvalue weighted by molar-refractivity contribution is -0.127. The first-order chi connectivity index (χ1) is 48.4. The smallest absolute Gasteiger partial charge is 0.250 e. The number of anilines is 3. The number of amides is 3. The predicted octanol–water partition coefficient (Wildman–Crippen LogP) is 12.7. The summed E-state index contributed by atoms with van der Waals surface area (Å²) < 4.78 is 22.9. The number of rotatable bonds is 15. The molecule has 15 rings (SSSR count). The van der Waals surface area contributed by atoms with Crippen molar-refractivity contribution in [2.24, 2.45) is 0 Å². The molecule has 0 radical (unpaired) electrons. The maximum Gasteiger partial charge on any atom is 0.250 e. The zero-order valence-corrected chi connectivity index (χ0v) is 53.3. The molecule has 99 heavy (non-hydrogen) atoms. The van der Waals surface area contributed by atoms with Gasteiger partial charge in [0.05, 0.1) is 33.6 Å². The van der Waals surface area contributed by atoms with Crippen LogP contribution in [0, 0.1) is 0 Å². The van der Waals surface area contributed by atoms with Crippen molar-refractivity contribution < 1.29 is 28.6 Å². The van der Waals surface area contributed by atoms with Gasteiger partial charge in [-0.3, -0.25) is 14.4 Å². The minimum atomic E-state index is -0.198. The Bertz CT molecular complexity index is 4910. The van der Waals surface area contributed by atoms with Crippen molar-refractivity contribution in [1.29, 1.82) is 0 Å². The molecule has 490 valence electrons. The second-order valence-corrected chi connectivity index (χ2v) is 22.6. The Hall–Kier alpha value is -13.6. The number of likely N-dealkylation sites (tertiary alicyclic amines) is 1. The normalized spacial score (nSPS) is 14.1. The molecule has 24 nitrogen and oxygen atoms in total.